The molecule has 0 aliphatic heterocycles. The number of hydrogen-bond acceptors (Lipinski definition) is 3. The lowest BCUT2D eigenvalue weighted by Gasteiger charge is -2.40. The molecule has 0 aromatic carbocycles. The van der Waals surface area contributed by atoms with Crippen LogP contribution < -0.4 is 0 Å². The van der Waals surface area contributed by atoms with Gasteiger partial charge < -0.3 is 13.9 Å². The van der Waals surface area contributed by atoms with Gasteiger partial charge in [-0.3, -0.25) is 0 Å². The number of hydrogen-bond donors (Lipinski definition) is 0. The summed E-state index contributed by atoms with van der Waals surface area (Å²) >= 11 is 0. The van der Waals surface area contributed by atoms with Crippen LogP contribution in [0.3, 0.4) is 0 Å². The van der Waals surface area contributed by atoms with Crippen molar-refractivity contribution in [2.75, 3.05) is 27.1 Å². The van der Waals surface area contributed by atoms with Crippen LogP contribution in [0.25, 0.3) is 0 Å². The van der Waals surface area contributed by atoms with E-state index in [2.05, 4.69) is 60.7 Å². The molecular weight excluding hydrogens is 292 g/mol. The van der Waals surface area contributed by atoms with E-state index in [0.29, 0.717) is 13.4 Å². The van der Waals surface area contributed by atoms with E-state index in [1.807, 2.05) is 0 Å². The first-order chi connectivity index (χ1) is 9.93. The monoisotopic (exact) mass is 330 g/mol. The molecule has 0 unspecified atom stereocenters. The molecule has 4 heteroatoms. The second kappa shape index (κ2) is 9.21. The quantitative estimate of drug-likeness (QED) is 0.233. The predicted molar refractivity (Wildman–Crippen MR) is 97.7 cm³/mol. The number of allylic oxidation sites excluding steroid dienone is 2. The zero-order chi connectivity index (χ0) is 17.4. The summed E-state index contributed by atoms with van der Waals surface area (Å²) in [6.45, 7) is 19.8. The highest BCUT2D eigenvalue weighted by molar-refractivity contribution is 6.74. The van der Waals surface area contributed by atoms with E-state index in [1.54, 1.807) is 7.11 Å². The highest BCUT2D eigenvalue weighted by Crippen LogP contribution is 2.38. The maximum absolute atomic E-state index is 6.44. The molecule has 0 bridgehead atoms. The topological polar surface area (TPSA) is 27.7 Å². The van der Waals surface area contributed by atoms with Crippen molar-refractivity contribution in [3.8, 4) is 0 Å². The van der Waals surface area contributed by atoms with Crippen LogP contribution in [0.2, 0.25) is 18.1 Å². The van der Waals surface area contributed by atoms with Gasteiger partial charge in [-0.2, -0.15) is 0 Å². The summed E-state index contributed by atoms with van der Waals surface area (Å²) in [5.74, 6) is 0. The summed E-state index contributed by atoms with van der Waals surface area (Å²) in [7, 11) is -0.0661. The van der Waals surface area contributed by atoms with E-state index in [1.165, 1.54) is 5.57 Å². The SMILES string of the molecule is COCOC[C@@](C)(CCC=C(C)C)CO[Si](C)(C)C(C)(C)C. The largest absolute Gasteiger partial charge is 0.416 e. The van der Waals surface area contributed by atoms with Gasteiger partial charge in [0.05, 0.1) is 6.61 Å². The Morgan fingerprint density at radius 1 is 1.05 bits per heavy atom. The van der Waals surface area contributed by atoms with Crippen molar-refractivity contribution >= 4 is 8.32 Å². The molecule has 0 heterocycles. The molecular formula is C18H38O3Si. The van der Waals surface area contributed by atoms with E-state index in [0.717, 1.165) is 19.4 Å². The van der Waals surface area contributed by atoms with Crippen LogP contribution >= 0.6 is 0 Å². The molecule has 0 radical (unpaired) electrons. The maximum Gasteiger partial charge on any atom is 0.192 e. The van der Waals surface area contributed by atoms with Gasteiger partial charge in [0.25, 0.3) is 0 Å². The third-order valence-electron chi connectivity index (χ3n) is 4.54. The summed E-state index contributed by atoms with van der Waals surface area (Å²) in [4.78, 5) is 0. The van der Waals surface area contributed by atoms with Crippen LogP contribution in [0.15, 0.2) is 11.6 Å². The van der Waals surface area contributed by atoms with Crippen LogP contribution in [0.1, 0.15) is 54.4 Å². The summed E-state index contributed by atoms with van der Waals surface area (Å²) in [5.41, 5.74) is 1.39. The minimum Gasteiger partial charge on any atom is -0.416 e. The number of ether oxygens (including phenoxy) is 2. The predicted octanol–water partition coefficient (Wildman–Crippen LogP) is 5.38. The van der Waals surface area contributed by atoms with E-state index in [9.17, 15) is 0 Å². The second-order valence-corrected chi connectivity index (χ2v) is 13.2. The van der Waals surface area contributed by atoms with Crippen molar-refractivity contribution in [2.45, 2.75) is 72.5 Å². The first kappa shape index (κ1) is 21.8. The first-order valence-corrected chi connectivity index (χ1v) is 11.2. The zero-order valence-corrected chi connectivity index (χ0v) is 17.3. The van der Waals surface area contributed by atoms with Gasteiger partial charge in [0.2, 0.25) is 0 Å². The van der Waals surface area contributed by atoms with Crippen molar-refractivity contribution in [2.24, 2.45) is 5.41 Å². The molecule has 22 heavy (non-hydrogen) atoms. The average molecular weight is 331 g/mol. The Kier molecular flexibility index (Phi) is 9.14. The third kappa shape index (κ3) is 8.46. The van der Waals surface area contributed by atoms with Crippen molar-refractivity contribution in [1.29, 1.82) is 0 Å². The normalized spacial score (nSPS) is 15.5. The number of methoxy groups -OCH3 is 1. The fourth-order valence-electron chi connectivity index (χ4n) is 1.84. The van der Waals surface area contributed by atoms with Gasteiger partial charge in [-0.25, -0.2) is 0 Å². The van der Waals surface area contributed by atoms with Gasteiger partial charge in [-0.05, 0) is 44.8 Å². The second-order valence-electron chi connectivity index (χ2n) is 8.43. The van der Waals surface area contributed by atoms with Crippen molar-refractivity contribution in [1.82, 2.24) is 0 Å². The number of rotatable bonds is 10. The lowest BCUT2D eigenvalue weighted by molar-refractivity contribution is -0.0721. The average Bonchev–Trinajstić information content (AvgIpc) is 2.35. The molecule has 0 rings (SSSR count). The zero-order valence-electron chi connectivity index (χ0n) is 16.3. The molecule has 0 aliphatic carbocycles. The van der Waals surface area contributed by atoms with E-state index < -0.39 is 8.32 Å². The molecule has 3 nitrogen and oxygen atoms in total. The Hall–Kier alpha value is -0.163. The smallest absolute Gasteiger partial charge is 0.192 e. The lowest BCUT2D eigenvalue weighted by atomic mass is 9.87. The Bertz CT molecular complexity index is 341. The molecule has 0 aromatic rings. The minimum absolute atomic E-state index is 0.0278. The molecule has 0 spiro atoms. The Balaban J connectivity index is 4.73. The molecule has 0 aromatic heterocycles. The van der Waals surface area contributed by atoms with Crippen molar-refractivity contribution in [3.05, 3.63) is 11.6 Å². The van der Waals surface area contributed by atoms with E-state index in [4.69, 9.17) is 13.9 Å². The third-order valence-corrected chi connectivity index (χ3v) is 9.02. The summed E-state index contributed by atoms with van der Waals surface area (Å²) in [5, 5.41) is 0.237. The van der Waals surface area contributed by atoms with Crippen LogP contribution in [-0.2, 0) is 13.9 Å². The molecule has 0 saturated heterocycles. The molecule has 1 atom stereocenters. The van der Waals surface area contributed by atoms with Gasteiger partial charge in [0.15, 0.2) is 8.32 Å². The lowest BCUT2D eigenvalue weighted by Crippen LogP contribution is -2.44. The van der Waals surface area contributed by atoms with Gasteiger partial charge in [0.1, 0.15) is 6.79 Å². The highest BCUT2D eigenvalue weighted by Gasteiger charge is 2.39. The van der Waals surface area contributed by atoms with E-state index in [-0.39, 0.29) is 10.5 Å². The fraction of sp³-hybridized carbons (Fsp3) is 0.889. The Morgan fingerprint density at radius 2 is 1.64 bits per heavy atom. The minimum atomic E-state index is -1.73. The van der Waals surface area contributed by atoms with Crippen LogP contribution in [0, 0.1) is 5.41 Å². The summed E-state index contributed by atoms with van der Waals surface area (Å²) in [6.07, 6.45) is 4.42. The van der Waals surface area contributed by atoms with E-state index >= 15 is 0 Å². The maximum atomic E-state index is 6.44. The molecule has 0 saturated carbocycles. The van der Waals surface area contributed by atoms with Crippen LogP contribution in [0.4, 0.5) is 0 Å². The van der Waals surface area contributed by atoms with Crippen LogP contribution in [0.5, 0.6) is 0 Å². The summed E-state index contributed by atoms with van der Waals surface area (Å²) in [6, 6.07) is 0. The van der Waals surface area contributed by atoms with Crippen LogP contribution in [-0.4, -0.2) is 35.4 Å². The summed E-state index contributed by atoms with van der Waals surface area (Å²) < 4.78 is 17.1. The van der Waals surface area contributed by atoms with Gasteiger partial charge >= 0.3 is 0 Å². The fourth-order valence-corrected chi connectivity index (χ4v) is 2.98. The van der Waals surface area contributed by atoms with Gasteiger partial charge in [0, 0.05) is 19.1 Å². The first-order valence-electron chi connectivity index (χ1n) is 8.27. The molecule has 0 amide bonds. The Labute approximate surface area is 139 Å². The van der Waals surface area contributed by atoms with Crippen molar-refractivity contribution < 1.29 is 13.9 Å². The Morgan fingerprint density at radius 3 is 2.09 bits per heavy atom. The van der Waals surface area contributed by atoms with Crippen molar-refractivity contribution in [3.63, 3.8) is 0 Å². The van der Waals surface area contributed by atoms with Gasteiger partial charge in [-0.1, -0.05) is 39.3 Å². The molecule has 0 fully saturated rings. The molecule has 0 aliphatic rings. The van der Waals surface area contributed by atoms with Gasteiger partial charge in [-0.15, -0.1) is 0 Å². The molecule has 132 valence electrons. The standard InChI is InChI=1S/C18H38O3Si/c1-16(2)11-10-12-18(6,13-20-15-19-7)14-21-22(8,9)17(3,4)5/h11H,10,12-15H2,1-9H3/t18-/m1/s1. The molecule has 0 N–H and O–H groups in total. The highest BCUT2D eigenvalue weighted by atomic mass is 28.4.